The molecule has 0 unspecified atom stereocenters. The van der Waals surface area contributed by atoms with Gasteiger partial charge >= 0.3 is 17.6 Å². The third kappa shape index (κ3) is 11.9. The predicted octanol–water partition coefficient (Wildman–Crippen LogP) is 3.92. The molecule has 0 N–H and O–H groups in total. The maximum atomic E-state index is 5.94. The van der Waals surface area contributed by atoms with E-state index in [1.54, 1.807) is 0 Å². The molecule has 2 aromatic rings. The van der Waals surface area contributed by atoms with Crippen molar-refractivity contribution in [1.29, 1.82) is 0 Å². The molecule has 14 heteroatoms. The zero-order valence-electron chi connectivity index (χ0n) is 24.9. The highest BCUT2D eigenvalue weighted by Crippen LogP contribution is 2.20. The average Bonchev–Trinajstić information content (AvgIpc) is 3.55. The van der Waals surface area contributed by atoms with Crippen LogP contribution in [0.2, 0.25) is 12.1 Å². The van der Waals surface area contributed by atoms with E-state index in [0.717, 1.165) is 68.7 Å². The number of nitrogens with zero attached hydrogens (tertiary/aromatic N) is 6. The Kier molecular flexibility index (Phi) is 16.2. The van der Waals surface area contributed by atoms with Crippen molar-refractivity contribution in [2.45, 2.75) is 98.8 Å². The van der Waals surface area contributed by atoms with Crippen LogP contribution in [-0.4, -0.2) is 87.2 Å². The topological polar surface area (TPSA) is 117 Å². The molecular formula is C25H50N6O6Si2. The summed E-state index contributed by atoms with van der Waals surface area (Å²) in [6.07, 6.45) is 8.38. The molecule has 0 amide bonds. The maximum absolute atomic E-state index is 5.94. The molecule has 0 saturated heterocycles. The lowest BCUT2D eigenvalue weighted by molar-refractivity contribution is 0.0696. The average molecular weight is 587 g/mol. The van der Waals surface area contributed by atoms with Crippen LogP contribution in [-0.2, 0) is 52.5 Å². The van der Waals surface area contributed by atoms with Gasteiger partial charge in [-0.1, -0.05) is 10.4 Å². The molecule has 2 aromatic heterocycles. The first-order valence-electron chi connectivity index (χ1n) is 14.6. The molecule has 0 spiro atoms. The summed E-state index contributed by atoms with van der Waals surface area (Å²) >= 11 is 0. The van der Waals surface area contributed by atoms with E-state index in [0.29, 0.717) is 39.6 Å². The number of rotatable bonds is 24. The van der Waals surface area contributed by atoms with E-state index >= 15 is 0 Å². The van der Waals surface area contributed by atoms with Crippen molar-refractivity contribution in [3.05, 3.63) is 23.8 Å². The fraction of sp³-hybridized carbons (Fsp3) is 0.840. The van der Waals surface area contributed by atoms with Crippen LogP contribution in [0.25, 0.3) is 0 Å². The Balaban J connectivity index is 1.75. The fourth-order valence-electron chi connectivity index (χ4n) is 4.49. The highest BCUT2D eigenvalue weighted by atomic mass is 28.4. The number of aromatic nitrogens is 6. The van der Waals surface area contributed by atoms with Gasteiger partial charge in [0.1, 0.15) is 0 Å². The Hall–Kier alpha value is -1.53. The molecule has 0 aliphatic heterocycles. The molecule has 0 aliphatic carbocycles. The molecule has 39 heavy (non-hydrogen) atoms. The summed E-state index contributed by atoms with van der Waals surface area (Å²) in [4.78, 5) is 0. The molecule has 0 radical (unpaired) electrons. The number of hydrogen-bond donors (Lipinski definition) is 0. The molecule has 2 heterocycles. The minimum atomic E-state index is -2.62. The summed E-state index contributed by atoms with van der Waals surface area (Å²) in [6, 6.07) is 1.53. The molecule has 12 nitrogen and oxygen atoms in total. The Bertz CT molecular complexity index is 798. The van der Waals surface area contributed by atoms with Gasteiger partial charge in [-0.25, -0.2) is 0 Å². The van der Waals surface area contributed by atoms with Gasteiger partial charge in [0.2, 0.25) is 0 Å². The molecule has 0 atom stereocenters. The van der Waals surface area contributed by atoms with Gasteiger partial charge in [-0.3, -0.25) is 9.36 Å². The van der Waals surface area contributed by atoms with Gasteiger partial charge < -0.3 is 26.6 Å². The van der Waals surface area contributed by atoms with Crippen molar-refractivity contribution in [2.24, 2.45) is 0 Å². The lowest BCUT2D eigenvalue weighted by atomic mass is 10.2. The van der Waals surface area contributed by atoms with Crippen LogP contribution in [0.1, 0.15) is 72.2 Å². The van der Waals surface area contributed by atoms with E-state index in [1.807, 2.05) is 63.3 Å². The van der Waals surface area contributed by atoms with Gasteiger partial charge in [0.15, 0.2) is 0 Å². The molecular weight excluding hydrogens is 536 g/mol. The van der Waals surface area contributed by atoms with Crippen LogP contribution in [0, 0.1) is 0 Å². The van der Waals surface area contributed by atoms with Gasteiger partial charge in [0.05, 0.1) is 11.4 Å². The maximum Gasteiger partial charge on any atom is 0.500 e. The Morgan fingerprint density at radius 2 is 0.872 bits per heavy atom. The summed E-state index contributed by atoms with van der Waals surface area (Å²) in [7, 11) is -5.24. The van der Waals surface area contributed by atoms with Gasteiger partial charge in [-0.2, -0.15) is 0 Å². The quantitative estimate of drug-likeness (QED) is 0.168. The van der Waals surface area contributed by atoms with E-state index < -0.39 is 17.6 Å². The van der Waals surface area contributed by atoms with Crippen molar-refractivity contribution >= 4 is 17.6 Å². The summed E-state index contributed by atoms with van der Waals surface area (Å²) in [5.41, 5.74) is 1.96. The van der Waals surface area contributed by atoms with Gasteiger partial charge in [0, 0.05) is 77.2 Å². The second-order valence-electron chi connectivity index (χ2n) is 8.97. The van der Waals surface area contributed by atoms with E-state index in [1.165, 1.54) is 0 Å². The number of aryl methyl sites for hydroxylation is 4. The first kappa shape index (κ1) is 33.7. The Morgan fingerprint density at radius 3 is 1.18 bits per heavy atom. The highest BCUT2D eigenvalue weighted by molar-refractivity contribution is 6.61. The minimum absolute atomic E-state index is 0.589. The van der Waals surface area contributed by atoms with Crippen molar-refractivity contribution in [2.75, 3.05) is 39.6 Å². The standard InChI is InChI=1S/C25H50N6O6Si2/c1-7-32-38(33-8-2,34-9-3)20-14-18-30-22-24(26-28-30)16-13-17-25-23-31(29-27-25)19-15-21-39(35-10-4,36-11-5)37-12-6/h22-23H,7-21H2,1-6H3. The SMILES string of the molecule is CCO[Si](CCCn1cc(CCCc2cn(CCC[Si](OCC)(OCC)OCC)nn2)nn1)(OCC)OCC. The van der Waals surface area contributed by atoms with Crippen LogP contribution >= 0.6 is 0 Å². The summed E-state index contributed by atoms with van der Waals surface area (Å²) < 4.78 is 39.4. The van der Waals surface area contributed by atoms with E-state index in [9.17, 15) is 0 Å². The van der Waals surface area contributed by atoms with Gasteiger partial charge in [0.25, 0.3) is 0 Å². The van der Waals surface area contributed by atoms with E-state index in [2.05, 4.69) is 20.6 Å². The predicted molar refractivity (Wildman–Crippen MR) is 152 cm³/mol. The Morgan fingerprint density at radius 1 is 0.538 bits per heavy atom. The van der Waals surface area contributed by atoms with E-state index in [4.69, 9.17) is 26.6 Å². The highest BCUT2D eigenvalue weighted by Gasteiger charge is 2.40. The molecule has 0 saturated carbocycles. The molecule has 2 rings (SSSR count). The summed E-state index contributed by atoms with van der Waals surface area (Å²) in [5, 5.41) is 17.3. The first-order chi connectivity index (χ1) is 19.0. The molecule has 0 bridgehead atoms. The smallest absolute Gasteiger partial charge is 0.374 e. The molecule has 0 fully saturated rings. The van der Waals surface area contributed by atoms with Crippen LogP contribution in [0.15, 0.2) is 12.4 Å². The van der Waals surface area contributed by atoms with E-state index in [-0.39, 0.29) is 0 Å². The fourth-order valence-corrected chi connectivity index (χ4v) is 9.68. The van der Waals surface area contributed by atoms with Crippen molar-refractivity contribution in [3.8, 4) is 0 Å². The van der Waals surface area contributed by atoms with Crippen LogP contribution in [0.5, 0.6) is 0 Å². The third-order valence-electron chi connectivity index (χ3n) is 5.96. The molecule has 224 valence electrons. The monoisotopic (exact) mass is 586 g/mol. The van der Waals surface area contributed by atoms with Crippen molar-refractivity contribution in [1.82, 2.24) is 30.0 Å². The zero-order chi connectivity index (χ0) is 28.4. The van der Waals surface area contributed by atoms with Gasteiger partial charge in [-0.15, -0.1) is 10.2 Å². The lowest BCUT2D eigenvalue weighted by Crippen LogP contribution is -2.46. The van der Waals surface area contributed by atoms with Crippen molar-refractivity contribution < 1.29 is 26.6 Å². The van der Waals surface area contributed by atoms with Gasteiger partial charge in [-0.05, 0) is 73.6 Å². The largest absolute Gasteiger partial charge is 0.500 e. The molecule has 0 aromatic carbocycles. The lowest BCUT2D eigenvalue weighted by Gasteiger charge is -2.28. The summed E-state index contributed by atoms with van der Waals surface area (Å²) in [6.45, 7) is 16.9. The first-order valence-corrected chi connectivity index (χ1v) is 18.5. The minimum Gasteiger partial charge on any atom is -0.374 e. The summed E-state index contributed by atoms with van der Waals surface area (Å²) in [5.74, 6) is 0. The van der Waals surface area contributed by atoms with Crippen LogP contribution in [0.4, 0.5) is 0 Å². The third-order valence-corrected chi connectivity index (χ3v) is 12.3. The number of hydrogen-bond acceptors (Lipinski definition) is 10. The normalized spacial score (nSPS) is 12.5. The zero-order valence-corrected chi connectivity index (χ0v) is 26.9. The second kappa shape index (κ2) is 18.8. The van der Waals surface area contributed by atoms with Crippen LogP contribution in [0.3, 0.4) is 0 Å². The second-order valence-corrected chi connectivity index (χ2v) is 14.4. The van der Waals surface area contributed by atoms with Crippen molar-refractivity contribution in [3.63, 3.8) is 0 Å². The Labute approximate surface area is 236 Å². The van der Waals surface area contributed by atoms with Crippen LogP contribution < -0.4 is 0 Å². The molecule has 0 aliphatic rings.